The summed E-state index contributed by atoms with van der Waals surface area (Å²) in [5.41, 5.74) is 2.45. The summed E-state index contributed by atoms with van der Waals surface area (Å²) in [6, 6.07) is 3.95. The average Bonchev–Trinajstić information content (AvgIpc) is 3.37. The molecule has 1 aliphatic carbocycles. The van der Waals surface area contributed by atoms with Gasteiger partial charge in [-0.3, -0.25) is 0 Å². The van der Waals surface area contributed by atoms with Crippen LogP contribution in [0.3, 0.4) is 0 Å². The van der Waals surface area contributed by atoms with E-state index < -0.39 is 17.3 Å². The van der Waals surface area contributed by atoms with Gasteiger partial charge in [0.1, 0.15) is 11.4 Å². The van der Waals surface area contributed by atoms with Crippen molar-refractivity contribution in [3.8, 4) is 5.75 Å². The second kappa shape index (κ2) is 6.93. The van der Waals surface area contributed by atoms with Gasteiger partial charge in [0.15, 0.2) is 0 Å². The van der Waals surface area contributed by atoms with Crippen LogP contribution in [0.4, 0.5) is 13.2 Å². The molecule has 2 atom stereocenters. The molecule has 4 aliphatic rings. The number of fused-ring (bicyclic) bond motifs is 4. The van der Waals surface area contributed by atoms with Gasteiger partial charge in [0.2, 0.25) is 0 Å². The van der Waals surface area contributed by atoms with Gasteiger partial charge in [-0.1, -0.05) is 0 Å². The van der Waals surface area contributed by atoms with E-state index >= 15 is 0 Å². The fraction of sp³-hybridized carbons (Fsp3) is 0.423. The maximum Gasteiger partial charge on any atom is 0.416 e. The highest BCUT2D eigenvalue weighted by atomic mass is 19.4. The Kier molecular flexibility index (Phi) is 4.36. The lowest BCUT2D eigenvalue weighted by atomic mass is 9.82. The number of ether oxygens (including phenoxy) is 1. The van der Waals surface area contributed by atoms with Crippen molar-refractivity contribution in [3.63, 3.8) is 0 Å². The number of halogens is 3. The lowest BCUT2D eigenvalue weighted by Gasteiger charge is -2.41. The van der Waals surface area contributed by atoms with Crippen LogP contribution in [0.5, 0.6) is 5.75 Å². The van der Waals surface area contributed by atoms with E-state index in [2.05, 4.69) is 39.3 Å². The van der Waals surface area contributed by atoms with E-state index in [1.54, 1.807) is 0 Å². The van der Waals surface area contributed by atoms with Crippen molar-refractivity contribution >= 4 is 5.70 Å². The number of imidazole rings is 1. The molecule has 0 spiro atoms. The third kappa shape index (κ3) is 3.34. The number of alkyl halides is 3. The molecule has 178 valence electrons. The molecule has 1 saturated carbocycles. The van der Waals surface area contributed by atoms with E-state index in [0.717, 1.165) is 42.7 Å². The van der Waals surface area contributed by atoms with Gasteiger partial charge in [0, 0.05) is 55.1 Å². The molecule has 0 bridgehead atoms. The minimum atomic E-state index is -4.37. The predicted molar refractivity (Wildman–Crippen MR) is 123 cm³/mol. The first kappa shape index (κ1) is 21.4. The quantitative estimate of drug-likeness (QED) is 0.623. The van der Waals surface area contributed by atoms with E-state index in [9.17, 15) is 13.2 Å². The highest BCUT2D eigenvalue weighted by molar-refractivity contribution is 5.61. The van der Waals surface area contributed by atoms with Crippen molar-refractivity contribution in [2.75, 3.05) is 19.6 Å². The van der Waals surface area contributed by atoms with Crippen molar-refractivity contribution in [1.29, 1.82) is 0 Å². The number of aryl methyl sites for hydroxylation is 1. The molecule has 0 radical (unpaired) electrons. The number of benzene rings is 1. The molecule has 5 nitrogen and oxygen atoms in total. The molecular weight excluding hydrogens is 441 g/mol. The third-order valence-corrected chi connectivity index (χ3v) is 7.61. The van der Waals surface area contributed by atoms with Crippen LogP contribution in [0.2, 0.25) is 0 Å². The van der Waals surface area contributed by atoms with Crippen molar-refractivity contribution in [3.05, 3.63) is 77.8 Å². The number of aromatic nitrogens is 2. The Morgan fingerprint density at radius 2 is 1.91 bits per heavy atom. The molecule has 34 heavy (non-hydrogen) atoms. The van der Waals surface area contributed by atoms with Crippen molar-refractivity contribution < 1.29 is 17.9 Å². The van der Waals surface area contributed by atoms with Crippen LogP contribution in [-0.4, -0.2) is 44.6 Å². The van der Waals surface area contributed by atoms with Gasteiger partial charge in [-0.05, 0) is 57.5 Å². The number of hydrogen-bond donors (Lipinski definition) is 0. The summed E-state index contributed by atoms with van der Waals surface area (Å²) in [7, 11) is 0. The summed E-state index contributed by atoms with van der Waals surface area (Å²) in [5, 5.41) is 0. The molecule has 1 aromatic carbocycles. The smallest absolute Gasteiger partial charge is 0.416 e. The molecule has 0 amide bonds. The predicted octanol–water partition coefficient (Wildman–Crippen LogP) is 5.17. The van der Waals surface area contributed by atoms with E-state index in [1.165, 1.54) is 12.1 Å². The Balaban J connectivity index is 1.28. The molecule has 0 N–H and O–H groups in total. The first-order valence-corrected chi connectivity index (χ1v) is 11.6. The van der Waals surface area contributed by atoms with Crippen molar-refractivity contribution in [1.82, 2.24) is 19.4 Å². The Labute approximate surface area is 196 Å². The van der Waals surface area contributed by atoms with Crippen LogP contribution in [-0.2, 0) is 11.6 Å². The summed E-state index contributed by atoms with van der Waals surface area (Å²) >= 11 is 0. The van der Waals surface area contributed by atoms with Crippen LogP contribution < -0.4 is 4.74 Å². The molecule has 1 aromatic heterocycles. The van der Waals surface area contributed by atoms with Gasteiger partial charge in [-0.25, -0.2) is 4.98 Å². The van der Waals surface area contributed by atoms with Gasteiger partial charge in [0.05, 0.1) is 29.0 Å². The zero-order valence-corrected chi connectivity index (χ0v) is 19.4. The molecule has 1 fully saturated rings. The highest BCUT2D eigenvalue weighted by Crippen LogP contribution is 2.65. The largest absolute Gasteiger partial charge is 0.487 e. The van der Waals surface area contributed by atoms with E-state index in [0.29, 0.717) is 17.9 Å². The van der Waals surface area contributed by atoms with Crippen LogP contribution in [0.15, 0.2) is 61.0 Å². The second-order valence-electron chi connectivity index (χ2n) is 10.4. The normalized spacial score (nSPS) is 26.7. The highest BCUT2D eigenvalue weighted by Gasteiger charge is 2.66. The standard InChI is InChI=1S/C26H27F3N4O/c1-17-12-33(16-30-17)20-6-5-19-13-31(8-9-32(19)14-20)15-25-11-23(25)24(2,3)34-22-7-4-18(10-21(22)25)26(27,28)29/h4-7,10,12-14,16,23H,8-9,11,15H2,1-3H3/t23-,25-/m1/s1. The fourth-order valence-corrected chi connectivity index (χ4v) is 5.86. The van der Waals surface area contributed by atoms with Crippen LogP contribution >= 0.6 is 0 Å². The van der Waals surface area contributed by atoms with Crippen molar-refractivity contribution in [2.45, 2.75) is 44.4 Å². The zero-order chi connectivity index (χ0) is 23.9. The lowest BCUT2D eigenvalue weighted by molar-refractivity contribution is -0.137. The summed E-state index contributed by atoms with van der Waals surface area (Å²) < 4.78 is 48.6. The summed E-state index contributed by atoms with van der Waals surface area (Å²) in [5.74, 6) is 0.768. The average molecular weight is 469 g/mol. The fourth-order valence-electron chi connectivity index (χ4n) is 5.86. The molecular formula is C26H27F3N4O. The summed E-state index contributed by atoms with van der Waals surface area (Å²) in [4.78, 5) is 8.78. The van der Waals surface area contributed by atoms with Gasteiger partial charge in [0.25, 0.3) is 0 Å². The Hall–Kier alpha value is -3.16. The molecule has 0 unspecified atom stereocenters. The first-order valence-electron chi connectivity index (χ1n) is 11.6. The Morgan fingerprint density at radius 3 is 2.65 bits per heavy atom. The van der Waals surface area contributed by atoms with Crippen LogP contribution in [0.1, 0.15) is 37.1 Å². The Bertz CT molecular complexity index is 1250. The van der Waals surface area contributed by atoms with Gasteiger partial charge in [-0.15, -0.1) is 0 Å². The molecule has 2 aromatic rings. The second-order valence-corrected chi connectivity index (χ2v) is 10.4. The minimum Gasteiger partial charge on any atom is -0.487 e. The van der Waals surface area contributed by atoms with E-state index in [4.69, 9.17) is 4.74 Å². The third-order valence-electron chi connectivity index (χ3n) is 7.61. The summed E-state index contributed by atoms with van der Waals surface area (Å²) in [6.45, 7) is 8.35. The lowest BCUT2D eigenvalue weighted by Crippen LogP contribution is -2.45. The van der Waals surface area contributed by atoms with Gasteiger partial charge in [-0.2, -0.15) is 13.2 Å². The first-order chi connectivity index (χ1) is 16.0. The number of nitrogens with zero attached hydrogens (tertiary/aromatic N) is 4. The monoisotopic (exact) mass is 468 g/mol. The molecule has 8 heteroatoms. The molecule has 0 saturated heterocycles. The number of hydrogen-bond acceptors (Lipinski definition) is 4. The topological polar surface area (TPSA) is 33.5 Å². The van der Waals surface area contributed by atoms with Gasteiger partial charge >= 0.3 is 6.18 Å². The van der Waals surface area contributed by atoms with E-state index in [-0.39, 0.29) is 11.3 Å². The van der Waals surface area contributed by atoms with E-state index in [1.807, 2.05) is 37.9 Å². The summed E-state index contributed by atoms with van der Waals surface area (Å²) in [6.07, 6.45) is 8.66. The van der Waals surface area contributed by atoms with Crippen LogP contribution in [0, 0.1) is 12.8 Å². The van der Waals surface area contributed by atoms with Crippen molar-refractivity contribution in [2.24, 2.45) is 5.92 Å². The minimum absolute atomic E-state index is 0.185. The molecule has 3 aliphatic heterocycles. The van der Waals surface area contributed by atoms with Crippen LogP contribution in [0.25, 0.3) is 5.70 Å². The molecule has 6 rings (SSSR count). The zero-order valence-electron chi connectivity index (χ0n) is 19.4. The maximum absolute atomic E-state index is 13.5. The Morgan fingerprint density at radius 1 is 1.12 bits per heavy atom. The maximum atomic E-state index is 13.5. The molecule has 4 heterocycles. The number of allylic oxidation sites excluding steroid dienone is 3. The number of rotatable bonds is 3. The van der Waals surface area contributed by atoms with Gasteiger partial charge < -0.3 is 19.1 Å². The SMILES string of the molecule is Cc1cn(C2=CN3CCN(C[C@@]45C[C@@H]4C(C)(C)Oc4ccc(C(F)(F)F)cc45)C=C3C=C2)cn1.